The molecule has 130 valence electrons. The van der Waals surface area contributed by atoms with E-state index >= 15 is 0 Å². The second-order valence-corrected chi connectivity index (χ2v) is 7.79. The van der Waals surface area contributed by atoms with Crippen molar-refractivity contribution in [3.63, 3.8) is 0 Å². The molecule has 0 radical (unpaired) electrons. The zero-order valence-electron chi connectivity index (χ0n) is 14.4. The number of benzene rings is 2. The van der Waals surface area contributed by atoms with Gasteiger partial charge >= 0.3 is 0 Å². The SMILES string of the molecule is Cc1c(C(=O)N2CCC[C@@H]2c2nc3ccccc3s2)oc2ccccc12. The van der Waals surface area contributed by atoms with Crippen molar-refractivity contribution in [1.29, 1.82) is 0 Å². The summed E-state index contributed by atoms with van der Waals surface area (Å²) in [5, 5.41) is 2.03. The number of hydrogen-bond donors (Lipinski definition) is 0. The maximum atomic E-state index is 13.2. The van der Waals surface area contributed by atoms with Gasteiger partial charge in [-0.1, -0.05) is 30.3 Å². The van der Waals surface area contributed by atoms with Crippen molar-refractivity contribution < 1.29 is 9.21 Å². The Balaban J connectivity index is 1.53. The van der Waals surface area contributed by atoms with Crippen LogP contribution in [0, 0.1) is 6.92 Å². The highest BCUT2D eigenvalue weighted by molar-refractivity contribution is 7.18. The van der Waals surface area contributed by atoms with E-state index in [1.54, 1.807) is 11.3 Å². The fourth-order valence-electron chi connectivity index (χ4n) is 3.81. The number of aromatic nitrogens is 1. The molecule has 1 aliphatic heterocycles. The van der Waals surface area contributed by atoms with Gasteiger partial charge in [-0.15, -0.1) is 11.3 Å². The second kappa shape index (κ2) is 5.95. The van der Waals surface area contributed by atoms with E-state index in [0.717, 1.165) is 46.4 Å². The summed E-state index contributed by atoms with van der Waals surface area (Å²) in [4.78, 5) is 20.0. The molecule has 2 aromatic heterocycles. The minimum Gasteiger partial charge on any atom is -0.451 e. The number of rotatable bonds is 2. The van der Waals surface area contributed by atoms with E-state index in [2.05, 4.69) is 6.07 Å². The van der Waals surface area contributed by atoms with Crippen LogP contribution in [-0.4, -0.2) is 22.3 Å². The average Bonchev–Trinajstić information content (AvgIpc) is 3.38. The lowest BCUT2D eigenvalue weighted by Crippen LogP contribution is -2.30. The van der Waals surface area contributed by atoms with Crippen LogP contribution in [0.4, 0.5) is 0 Å². The largest absolute Gasteiger partial charge is 0.451 e. The monoisotopic (exact) mass is 362 g/mol. The lowest BCUT2D eigenvalue weighted by Gasteiger charge is -2.22. The third-order valence-corrected chi connectivity index (χ3v) is 6.28. The summed E-state index contributed by atoms with van der Waals surface area (Å²) >= 11 is 1.68. The number of carbonyl (C=O) groups excluding carboxylic acids is 1. The van der Waals surface area contributed by atoms with Crippen molar-refractivity contribution in [3.05, 3.63) is 64.9 Å². The quantitative estimate of drug-likeness (QED) is 0.484. The summed E-state index contributed by atoms with van der Waals surface area (Å²) in [6, 6.07) is 16.0. The molecular weight excluding hydrogens is 344 g/mol. The maximum absolute atomic E-state index is 13.2. The van der Waals surface area contributed by atoms with Gasteiger partial charge in [-0.2, -0.15) is 0 Å². The fourth-order valence-corrected chi connectivity index (χ4v) is 4.92. The third kappa shape index (κ3) is 2.35. The molecule has 3 heterocycles. The molecule has 0 N–H and O–H groups in total. The van der Waals surface area contributed by atoms with E-state index < -0.39 is 0 Å². The van der Waals surface area contributed by atoms with Gasteiger partial charge in [0.15, 0.2) is 5.76 Å². The van der Waals surface area contributed by atoms with Gasteiger partial charge in [0.05, 0.1) is 16.3 Å². The topological polar surface area (TPSA) is 46.3 Å². The van der Waals surface area contributed by atoms with Crippen LogP contribution < -0.4 is 0 Å². The Hall–Kier alpha value is -2.66. The zero-order valence-corrected chi connectivity index (χ0v) is 15.3. The Kier molecular flexibility index (Phi) is 3.57. The number of thiazole rings is 1. The highest BCUT2D eigenvalue weighted by atomic mass is 32.1. The van der Waals surface area contributed by atoms with E-state index in [9.17, 15) is 4.79 Å². The Bertz CT molecular complexity index is 1090. The van der Waals surface area contributed by atoms with Gasteiger partial charge in [0.25, 0.3) is 5.91 Å². The molecule has 0 spiro atoms. The highest BCUT2D eigenvalue weighted by Gasteiger charge is 2.35. The molecule has 2 aromatic carbocycles. The first-order valence-electron chi connectivity index (χ1n) is 8.87. The number of hydrogen-bond acceptors (Lipinski definition) is 4. The number of likely N-dealkylation sites (tertiary alicyclic amines) is 1. The molecule has 1 aliphatic rings. The maximum Gasteiger partial charge on any atom is 0.290 e. The summed E-state index contributed by atoms with van der Waals surface area (Å²) < 4.78 is 7.08. The number of furan rings is 1. The Morgan fingerprint density at radius 2 is 2.00 bits per heavy atom. The van der Waals surface area contributed by atoms with E-state index in [1.807, 2.05) is 54.3 Å². The first-order chi connectivity index (χ1) is 12.7. The van der Waals surface area contributed by atoms with Crippen molar-refractivity contribution in [2.75, 3.05) is 6.54 Å². The lowest BCUT2D eigenvalue weighted by atomic mass is 10.1. The van der Waals surface area contributed by atoms with Crippen LogP contribution in [0.2, 0.25) is 0 Å². The van der Waals surface area contributed by atoms with Gasteiger partial charge in [0, 0.05) is 17.5 Å². The molecule has 0 saturated carbocycles. The first kappa shape index (κ1) is 15.6. The molecule has 4 aromatic rings. The van der Waals surface area contributed by atoms with Crippen LogP contribution in [0.15, 0.2) is 52.9 Å². The summed E-state index contributed by atoms with van der Waals surface area (Å²) in [5.41, 5.74) is 2.69. The summed E-state index contributed by atoms with van der Waals surface area (Å²) in [7, 11) is 0. The molecule has 0 aliphatic carbocycles. The number of carbonyl (C=O) groups is 1. The Morgan fingerprint density at radius 3 is 2.85 bits per heavy atom. The molecule has 0 unspecified atom stereocenters. The van der Waals surface area contributed by atoms with Gasteiger partial charge in [-0.05, 0) is 38.0 Å². The van der Waals surface area contributed by atoms with Crippen molar-refractivity contribution >= 4 is 38.4 Å². The molecule has 4 nitrogen and oxygen atoms in total. The highest BCUT2D eigenvalue weighted by Crippen LogP contribution is 2.38. The van der Waals surface area contributed by atoms with Crippen molar-refractivity contribution in [2.24, 2.45) is 0 Å². The lowest BCUT2D eigenvalue weighted by molar-refractivity contribution is 0.0704. The molecule has 1 atom stereocenters. The molecule has 5 rings (SSSR count). The fraction of sp³-hybridized carbons (Fsp3) is 0.238. The number of para-hydroxylation sites is 2. The zero-order chi connectivity index (χ0) is 17.7. The predicted octanol–water partition coefficient (Wildman–Crippen LogP) is 5.33. The first-order valence-corrected chi connectivity index (χ1v) is 9.68. The Morgan fingerprint density at radius 1 is 1.19 bits per heavy atom. The average molecular weight is 362 g/mol. The van der Waals surface area contributed by atoms with Gasteiger partial charge in [0.1, 0.15) is 10.6 Å². The number of aryl methyl sites for hydroxylation is 1. The number of amides is 1. The minimum atomic E-state index is -0.0274. The number of nitrogens with zero attached hydrogens (tertiary/aromatic N) is 2. The molecule has 1 saturated heterocycles. The van der Waals surface area contributed by atoms with Crippen LogP contribution in [-0.2, 0) is 0 Å². The van der Waals surface area contributed by atoms with E-state index in [4.69, 9.17) is 9.40 Å². The van der Waals surface area contributed by atoms with Crippen molar-refractivity contribution in [2.45, 2.75) is 25.8 Å². The van der Waals surface area contributed by atoms with Crippen molar-refractivity contribution in [1.82, 2.24) is 9.88 Å². The van der Waals surface area contributed by atoms with Crippen LogP contribution in [0.3, 0.4) is 0 Å². The van der Waals surface area contributed by atoms with Crippen LogP contribution in [0.25, 0.3) is 21.2 Å². The molecule has 1 fully saturated rings. The standard InChI is InChI=1S/C21H18N2O2S/c1-13-14-7-2-4-10-17(14)25-19(13)21(24)23-12-6-9-16(23)20-22-15-8-3-5-11-18(15)26-20/h2-5,7-8,10-11,16H,6,9,12H2,1H3/t16-/m1/s1. The van der Waals surface area contributed by atoms with E-state index in [0.29, 0.717) is 5.76 Å². The molecular formula is C21H18N2O2S. The van der Waals surface area contributed by atoms with Crippen LogP contribution >= 0.6 is 11.3 Å². The van der Waals surface area contributed by atoms with Gasteiger partial charge in [0.2, 0.25) is 0 Å². The Labute approximate surface area is 155 Å². The number of fused-ring (bicyclic) bond motifs is 2. The van der Waals surface area contributed by atoms with Gasteiger partial charge in [-0.25, -0.2) is 4.98 Å². The van der Waals surface area contributed by atoms with Crippen LogP contribution in [0.5, 0.6) is 0 Å². The summed E-state index contributed by atoms with van der Waals surface area (Å²) in [5.74, 6) is 0.430. The van der Waals surface area contributed by atoms with Gasteiger partial charge < -0.3 is 9.32 Å². The smallest absolute Gasteiger partial charge is 0.290 e. The summed E-state index contributed by atoms with van der Waals surface area (Å²) in [6.45, 7) is 2.71. The molecule has 5 heteroatoms. The minimum absolute atomic E-state index is 0.0274. The van der Waals surface area contributed by atoms with Gasteiger partial charge in [-0.3, -0.25) is 4.79 Å². The van der Waals surface area contributed by atoms with Crippen molar-refractivity contribution in [3.8, 4) is 0 Å². The molecule has 0 bridgehead atoms. The normalized spacial score (nSPS) is 17.4. The van der Waals surface area contributed by atoms with E-state index in [1.165, 1.54) is 4.70 Å². The van der Waals surface area contributed by atoms with Crippen LogP contribution in [0.1, 0.15) is 40.0 Å². The summed E-state index contributed by atoms with van der Waals surface area (Å²) in [6.07, 6.45) is 1.94. The molecule has 1 amide bonds. The molecule has 26 heavy (non-hydrogen) atoms. The van der Waals surface area contributed by atoms with E-state index in [-0.39, 0.29) is 11.9 Å². The second-order valence-electron chi connectivity index (χ2n) is 6.73. The third-order valence-electron chi connectivity index (χ3n) is 5.15. The predicted molar refractivity (Wildman–Crippen MR) is 104 cm³/mol.